The van der Waals surface area contributed by atoms with E-state index in [0.717, 1.165) is 24.3 Å². The van der Waals surface area contributed by atoms with E-state index >= 15 is 0 Å². The Bertz CT molecular complexity index is 914. The molecule has 2 N–H and O–H groups in total. The summed E-state index contributed by atoms with van der Waals surface area (Å²) in [6.45, 7) is 3.01. The molecule has 140 valence electrons. The Kier molecular flexibility index (Phi) is 4.80. The van der Waals surface area contributed by atoms with Crippen molar-refractivity contribution in [3.05, 3.63) is 48.5 Å². The highest BCUT2D eigenvalue weighted by atomic mass is 16.5. The molecule has 0 spiro atoms. The van der Waals surface area contributed by atoms with Crippen molar-refractivity contribution in [3.8, 4) is 17.1 Å². The number of H-pyrrole nitrogens is 1. The van der Waals surface area contributed by atoms with Gasteiger partial charge in [0.2, 0.25) is 0 Å². The summed E-state index contributed by atoms with van der Waals surface area (Å²) in [6.07, 6.45) is 3.34. The van der Waals surface area contributed by atoms with E-state index < -0.39 is 0 Å². The average Bonchev–Trinajstić information content (AvgIpc) is 3.40. The number of nitrogens with one attached hydrogen (secondary N) is 2. The third-order valence-electron chi connectivity index (χ3n) is 4.42. The minimum atomic E-state index is -0.345. The summed E-state index contributed by atoms with van der Waals surface area (Å²) in [6, 6.07) is 9.10. The van der Waals surface area contributed by atoms with Crippen LogP contribution in [-0.4, -0.2) is 49.5 Å². The van der Waals surface area contributed by atoms with Crippen LogP contribution < -0.4 is 15.0 Å². The molecule has 27 heavy (non-hydrogen) atoms. The van der Waals surface area contributed by atoms with Gasteiger partial charge in [0.05, 0.1) is 37.8 Å². The first-order chi connectivity index (χ1) is 13.2. The summed E-state index contributed by atoms with van der Waals surface area (Å²) in [4.78, 5) is 14.8. The molecule has 0 saturated carbocycles. The van der Waals surface area contributed by atoms with Gasteiger partial charge < -0.3 is 24.1 Å². The van der Waals surface area contributed by atoms with Gasteiger partial charge in [0.25, 0.3) is 5.91 Å². The molecule has 3 heterocycles. The molecule has 8 nitrogen and oxygen atoms in total. The van der Waals surface area contributed by atoms with Gasteiger partial charge in [0.1, 0.15) is 11.5 Å². The molecule has 0 radical (unpaired) electrons. The van der Waals surface area contributed by atoms with Crippen molar-refractivity contribution in [3.63, 3.8) is 0 Å². The summed E-state index contributed by atoms with van der Waals surface area (Å²) in [5.74, 6) is 1.03. The number of methoxy groups -OCH3 is 1. The second kappa shape index (κ2) is 7.55. The van der Waals surface area contributed by atoms with Gasteiger partial charge >= 0.3 is 0 Å². The Hall–Kier alpha value is -3.26. The first kappa shape index (κ1) is 17.2. The van der Waals surface area contributed by atoms with E-state index in [1.807, 2.05) is 18.2 Å². The number of morpholine rings is 1. The molecule has 1 aromatic carbocycles. The lowest BCUT2D eigenvalue weighted by Gasteiger charge is -2.29. The normalized spacial score (nSPS) is 14.2. The molecule has 1 amide bonds. The number of carbonyl (C=O) groups excluding carboxylic acids is 1. The Morgan fingerprint density at radius 2 is 2.11 bits per heavy atom. The molecular formula is C19H20N4O4. The van der Waals surface area contributed by atoms with Crippen LogP contribution in [0.4, 0.5) is 11.4 Å². The van der Waals surface area contributed by atoms with Gasteiger partial charge in [-0.1, -0.05) is 0 Å². The van der Waals surface area contributed by atoms with E-state index in [2.05, 4.69) is 20.4 Å². The van der Waals surface area contributed by atoms with Crippen LogP contribution >= 0.6 is 0 Å². The fourth-order valence-electron chi connectivity index (χ4n) is 3.00. The van der Waals surface area contributed by atoms with Crippen molar-refractivity contribution >= 4 is 17.3 Å². The van der Waals surface area contributed by atoms with E-state index in [0.29, 0.717) is 30.4 Å². The Morgan fingerprint density at radius 1 is 1.26 bits per heavy atom. The van der Waals surface area contributed by atoms with Gasteiger partial charge in [-0.2, -0.15) is 5.10 Å². The molecule has 3 aromatic rings. The Balaban J connectivity index is 1.54. The topological polar surface area (TPSA) is 92.6 Å². The third kappa shape index (κ3) is 3.65. The molecule has 0 bridgehead atoms. The number of carbonyl (C=O) groups is 1. The van der Waals surface area contributed by atoms with Crippen LogP contribution in [0.2, 0.25) is 0 Å². The molecule has 1 aliphatic rings. The SMILES string of the molecule is COc1ccc(N2CCOCC2)cc1NC(=O)c1ccc(-c2cn[nH]c2)o1. The monoisotopic (exact) mass is 368 g/mol. The highest BCUT2D eigenvalue weighted by Crippen LogP contribution is 2.31. The minimum absolute atomic E-state index is 0.213. The number of ether oxygens (including phenoxy) is 2. The van der Waals surface area contributed by atoms with Crippen LogP contribution in [0.3, 0.4) is 0 Å². The number of anilines is 2. The first-order valence-electron chi connectivity index (χ1n) is 8.65. The van der Waals surface area contributed by atoms with Crippen molar-refractivity contribution in [2.24, 2.45) is 0 Å². The zero-order valence-corrected chi connectivity index (χ0v) is 14.9. The second-order valence-corrected chi connectivity index (χ2v) is 6.09. The summed E-state index contributed by atoms with van der Waals surface area (Å²) < 4.78 is 16.4. The maximum absolute atomic E-state index is 12.6. The van der Waals surface area contributed by atoms with Crippen LogP contribution in [0.15, 0.2) is 47.1 Å². The van der Waals surface area contributed by atoms with Crippen molar-refractivity contribution in [2.45, 2.75) is 0 Å². The molecular weight excluding hydrogens is 348 g/mol. The number of benzene rings is 1. The lowest BCUT2D eigenvalue weighted by Crippen LogP contribution is -2.36. The molecule has 4 rings (SSSR count). The molecule has 0 unspecified atom stereocenters. The van der Waals surface area contributed by atoms with Crippen LogP contribution in [0.5, 0.6) is 5.75 Å². The summed E-state index contributed by atoms with van der Waals surface area (Å²) >= 11 is 0. The number of furan rings is 1. The maximum atomic E-state index is 12.6. The van der Waals surface area contributed by atoms with Gasteiger partial charge in [-0.25, -0.2) is 0 Å². The zero-order valence-electron chi connectivity index (χ0n) is 14.9. The largest absolute Gasteiger partial charge is 0.495 e. The minimum Gasteiger partial charge on any atom is -0.495 e. The van der Waals surface area contributed by atoms with Gasteiger partial charge in [0.15, 0.2) is 5.76 Å². The van der Waals surface area contributed by atoms with Gasteiger partial charge in [-0.15, -0.1) is 0 Å². The van der Waals surface area contributed by atoms with E-state index in [4.69, 9.17) is 13.9 Å². The quantitative estimate of drug-likeness (QED) is 0.719. The highest BCUT2D eigenvalue weighted by molar-refractivity contribution is 6.03. The average molecular weight is 368 g/mol. The van der Waals surface area contributed by atoms with Crippen molar-refractivity contribution in [1.29, 1.82) is 0 Å². The van der Waals surface area contributed by atoms with E-state index in [1.54, 1.807) is 31.6 Å². The molecule has 0 atom stereocenters. The molecule has 8 heteroatoms. The van der Waals surface area contributed by atoms with Crippen LogP contribution in [0, 0.1) is 0 Å². The number of rotatable bonds is 5. The standard InChI is InChI=1S/C19H20N4O4/c1-25-17-3-2-14(23-6-8-26-9-7-23)10-15(17)22-19(24)18-5-4-16(27-18)13-11-20-21-12-13/h2-5,10-12H,6-9H2,1H3,(H,20,21)(H,22,24). The van der Waals surface area contributed by atoms with E-state index in [9.17, 15) is 4.79 Å². The van der Waals surface area contributed by atoms with Gasteiger partial charge in [-0.3, -0.25) is 9.89 Å². The second-order valence-electron chi connectivity index (χ2n) is 6.09. The molecule has 1 saturated heterocycles. The molecule has 1 aliphatic heterocycles. The molecule has 2 aromatic heterocycles. The van der Waals surface area contributed by atoms with E-state index in [-0.39, 0.29) is 11.7 Å². The van der Waals surface area contributed by atoms with Crippen molar-refractivity contribution in [2.75, 3.05) is 43.6 Å². The van der Waals surface area contributed by atoms with Gasteiger partial charge in [-0.05, 0) is 30.3 Å². The fourth-order valence-corrected chi connectivity index (χ4v) is 3.00. The summed E-state index contributed by atoms with van der Waals surface area (Å²) in [5.41, 5.74) is 2.38. The third-order valence-corrected chi connectivity index (χ3v) is 4.42. The molecule has 0 aliphatic carbocycles. The maximum Gasteiger partial charge on any atom is 0.291 e. The smallest absolute Gasteiger partial charge is 0.291 e. The van der Waals surface area contributed by atoms with Crippen molar-refractivity contribution in [1.82, 2.24) is 10.2 Å². The van der Waals surface area contributed by atoms with Crippen LogP contribution in [0.25, 0.3) is 11.3 Å². The van der Waals surface area contributed by atoms with Crippen LogP contribution in [0.1, 0.15) is 10.6 Å². The summed E-state index contributed by atoms with van der Waals surface area (Å²) in [7, 11) is 1.57. The fraction of sp³-hybridized carbons (Fsp3) is 0.263. The predicted molar refractivity (Wildman–Crippen MR) is 100 cm³/mol. The lowest BCUT2D eigenvalue weighted by molar-refractivity contribution is 0.0997. The Labute approximate surface area is 156 Å². The number of amides is 1. The summed E-state index contributed by atoms with van der Waals surface area (Å²) in [5, 5.41) is 9.48. The number of hydrogen-bond donors (Lipinski definition) is 2. The number of aromatic amines is 1. The highest BCUT2D eigenvalue weighted by Gasteiger charge is 2.17. The van der Waals surface area contributed by atoms with E-state index in [1.165, 1.54) is 0 Å². The zero-order chi connectivity index (χ0) is 18.6. The number of hydrogen-bond acceptors (Lipinski definition) is 6. The lowest BCUT2D eigenvalue weighted by atomic mass is 10.2. The predicted octanol–water partition coefficient (Wildman–Crippen LogP) is 2.77. The van der Waals surface area contributed by atoms with Crippen LogP contribution in [-0.2, 0) is 4.74 Å². The number of aromatic nitrogens is 2. The Morgan fingerprint density at radius 3 is 2.85 bits per heavy atom. The van der Waals surface area contributed by atoms with Gasteiger partial charge in [0, 0.05) is 25.0 Å². The first-order valence-corrected chi connectivity index (χ1v) is 8.65. The van der Waals surface area contributed by atoms with Crippen molar-refractivity contribution < 1.29 is 18.7 Å². The molecule has 1 fully saturated rings. The number of nitrogens with zero attached hydrogens (tertiary/aromatic N) is 2.